The minimum atomic E-state index is -0.592. The predicted molar refractivity (Wildman–Crippen MR) is 108 cm³/mol. The SMILES string of the molecule is COC(=O)NN=Cc1cn(Cc2cccc3ccccc23)c2ccccc12. The number of aromatic nitrogens is 1. The lowest BCUT2D eigenvalue weighted by molar-refractivity contribution is 0.171. The third-order valence-corrected chi connectivity index (χ3v) is 4.58. The van der Waals surface area contributed by atoms with Crippen LogP contribution in [0, 0.1) is 0 Å². The predicted octanol–water partition coefficient (Wildman–Crippen LogP) is 4.53. The molecule has 3 aromatic carbocycles. The lowest BCUT2D eigenvalue weighted by Crippen LogP contribution is -2.16. The van der Waals surface area contributed by atoms with E-state index in [1.165, 1.54) is 23.4 Å². The fraction of sp³-hybridized carbons (Fsp3) is 0.0909. The number of methoxy groups -OCH3 is 1. The van der Waals surface area contributed by atoms with Crippen molar-refractivity contribution in [1.29, 1.82) is 0 Å². The molecule has 27 heavy (non-hydrogen) atoms. The number of nitrogens with zero attached hydrogens (tertiary/aromatic N) is 2. The number of fused-ring (bicyclic) bond motifs is 2. The Bertz CT molecular complexity index is 1140. The molecule has 0 fully saturated rings. The number of amides is 1. The summed E-state index contributed by atoms with van der Waals surface area (Å²) in [6, 6.07) is 22.9. The lowest BCUT2D eigenvalue weighted by Gasteiger charge is -2.09. The normalized spacial score (nSPS) is 11.3. The van der Waals surface area contributed by atoms with Gasteiger partial charge in [-0.2, -0.15) is 5.10 Å². The van der Waals surface area contributed by atoms with E-state index in [0.717, 1.165) is 23.0 Å². The average Bonchev–Trinajstić information content (AvgIpc) is 3.06. The monoisotopic (exact) mass is 357 g/mol. The van der Waals surface area contributed by atoms with E-state index in [0.29, 0.717) is 0 Å². The summed E-state index contributed by atoms with van der Waals surface area (Å²) in [5.41, 5.74) is 5.63. The minimum Gasteiger partial charge on any atom is -0.452 e. The van der Waals surface area contributed by atoms with Crippen molar-refractivity contribution in [3.63, 3.8) is 0 Å². The number of hydrazone groups is 1. The van der Waals surface area contributed by atoms with Crippen LogP contribution in [-0.4, -0.2) is 24.0 Å². The third-order valence-electron chi connectivity index (χ3n) is 4.58. The summed E-state index contributed by atoms with van der Waals surface area (Å²) < 4.78 is 6.74. The van der Waals surface area contributed by atoms with Crippen LogP contribution in [-0.2, 0) is 11.3 Å². The van der Waals surface area contributed by atoms with Gasteiger partial charge < -0.3 is 9.30 Å². The van der Waals surface area contributed by atoms with Crippen LogP contribution in [0.15, 0.2) is 78.0 Å². The molecule has 0 saturated carbocycles. The number of ether oxygens (including phenoxy) is 1. The Hall–Kier alpha value is -3.60. The Labute approximate surface area is 156 Å². The van der Waals surface area contributed by atoms with Crippen LogP contribution in [0.5, 0.6) is 0 Å². The molecule has 0 aliphatic rings. The topological polar surface area (TPSA) is 55.6 Å². The van der Waals surface area contributed by atoms with Crippen LogP contribution in [0.1, 0.15) is 11.1 Å². The van der Waals surface area contributed by atoms with Gasteiger partial charge in [-0.3, -0.25) is 0 Å². The zero-order chi connectivity index (χ0) is 18.6. The van der Waals surface area contributed by atoms with Crippen molar-refractivity contribution in [2.45, 2.75) is 6.54 Å². The summed E-state index contributed by atoms with van der Waals surface area (Å²) in [5, 5.41) is 7.53. The maximum absolute atomic E-state index is 11.2. The van der Waals surface area contributed by atoms with E-state index in [1.807, 2.05) is 12.1 Å². The number of rotatable bonds is 4. The van der Waals surface area contributed by atoms with Crippen molar-refractivity contribution in [1.82, 2.24) is 9.99 Å². The van der Waals surface area contributed by atoms with Gasteiger partial charge in [0.25, 0.3) is 0 Å². The molecular formula is C22H19N3O2. The summed E-state index contributed by atoms with van der Waals surface area (Å²) >= 11 is 0. The van der Waals surface area contributed by atoms with E-state index >= 15 is 0 Å². The molecule has 1 aromatic heterocycles. The van der Waals surface area contributed by atoms with Gasteiger partial charge in [0.15, 0.2) is 0 Å². The molecule has 1 amide bonds. The maximum Gasteiger partial charge on any atom is 0.427 e. The smallest absolute Gasteiger partial charge is 0.427 e. The zero-order valence-electron chi connectivity index (χ0n) is 14.9. The molecule has 5 heteroatoms. The molecule has 1 heterocycles. The van der Waals surface area contributed by atoms with Gasteiger partial charge >= 0.3 is 6.09 Å². The Morgan fingerprint density at radius 3 is 2.63 bits per heavy atom. The first-order chi connectivity index (χ1) is 13.3. The molecule has 0 atom stereocenters. The van der Waals surface area contributed by atoms with Crippen LogP contribution in [0.4, 0.5) is 4.79 Å². The van der Waals surface area contributed by atoms with Crippen molar-refractivity contribution in [3.8, 4) is 0 Å². The number of hydrogen-bond donors (Lipinski definition) is 1. The van der Waals surface area contributed by atoms with Crippen LogP contribution < -0.4 is 5.43 Å². The van der Waals surface area contributed by atoms with Crippen LogP contribution in [0.3, 0.4) is 0 Å². The molecule has 134 valence electrons. The van der Waals surface area contributed by atoms with Crippen molar-refractivity contribution in [2.75, 3.05) is 7.11 Å². The maximum atomic E-state index is 11.2. The fourth-order valence-corrected chi connectivity index (χ4v) is 3.32. The van der Waals surface area contributed by atoms with Gasteiger partial charge in [0, 0.05) is 29.2 Å². The largest absolute Gasteiger partial charge is 0.452 e. The highest BCUT2D eigenvalue weighted by Gasteiger charge is 2.09. The third kappa shape index (κ3) is 3.40. The quantitative estimate of drug-likeness (QED) is 0.431. The van der Waals surface area contributed by atoms with E-state index in [4.69, 9.17) is 0 Å². The number of hydrogen-bond acceptors (Lipinski definition) is 3. The van der Waals surface area contributed by atoms with Crippen molar-refractivity contribution >= 4 is 34.0 Å². The number of benzene rings is 3. The van der Waals surface area contributed by atoms with Crippen LogP contribution in [0.2, 0.25) is 0 Å². The number of carbonyl (C=O) groups excluding carboxylic acids is 1. The first kappa shape index (κ1) is 16.8. The first-order valence-electron chi connectivity index (χ1n) is 8.68. The van der Waals surface area contributed by atoms with E-state index in [2.05, 4.69) is 80.6 Å². The van der Waals surface area contributed by atoms with E-state index < -0.39 is 6.09 Å². The summed E-state index contributed by atoms with van der Waals surface area (Å²) in [5.74, 6) is 0. The van der Waals surface area contributed by atoms with Crippen molar-refractivity contribution in [3.05, 3.63) is 84.1 Å². The Morgan fingerprint density at radius 2 is 1.78 bits per heavy atom. The minimum absolute atomic E-state index is 0.592. The fourth-order valence-electron chi connectivity index (χ4n) is 3.32. The van der Waals surface area contributed by atoms with Crippen molar-refractivity contribution in [2.24, 2.45) is 5.10 Å². The highest BCUT2D eigenvalue weighted by molar-refractivity contribution is 5.99. The average molecular weight is 357 g/mol. The Kier molecular flexibility index (Phi) is 4.58. The second kappa shape index (κ2) is 7.33. The molecule has 0 aliphatic carbocycles. The van der Waals surface area contributed by atoms with E-state index in [-0.39, 0.29) is 0 Å². The standard InChI is InChI=1S/C22H19N3O2/c1-27-22(26)24-23-13-18-15-25(21-12-5-4-11-20(18)21)14-17-9-6-8-16-7-2-3-10-19(16)17/h2-13,15H,14H2,1H3,(H,24,26). The van der Waals surface area contributed by atoms with E-state index in [9.17, 15) is 4.79 Å². The molecule has 0 unspecified atom stereocenters. The van der Waals surface area contributed by atoms with E-state index in [1.54, 1.807) is 6.21 Å². The van der Waals surface area contributed by atoms with Gasteiger partial charge in [-0.25, -0.2) is 10.2 Å². The molecular weight excluding hydrogens is 338 g/mol. The van der Waals surface area contributed by atoms with Gasteiger partial charge in [0.2, 0.25) is 0 Å². The highest BCUT2D eigenvalue weighted by atomic mass is 16.5. The lowest BCUT2D eigenvalue weighted by atomic mass is 10.0. The van der Waals surface area contributed by atoms with Crippen molar-refractivity contribution < 1.29 is 9.53 Å². The second-order valence-corrected chi connectivity index (χ2v) is 6.23. The summed E-state index contributed by atoms with van der Waals surface area (Å²) in [6.07, 6.45) is 3.10. The van der Waals surface area contributed by atoms with Gasteiger partial charge in [-0.15, -0.1) is 0 Å². The van der Waals surface area contributed by atoms with Crippen LogP contribution >= 0.6 is 0 Å². The molecule has 0 aliphatic heterocycles. The summed E-state index contributed by atoms with van der Waals surface area (Å²) in [7, 11) is 1.31. The number of carbonyl (C=O) groups is 1. The Morgan fingerprint density at radius 1 is 1.04 bits per heavy atom. The Balaban J connectivity index is 1.73. The molecule has 4 rings (SSSR count). The summed E-state index contributed by atoms with van der Waals surface area (Å²) in [6.45, 7) is 0.750. The molecule has 1 N–H and O–H groups in total. The molecule has 0 bridgehead atoms. The van der Waals surface area contributed by atoms with Gasteiger partial charge in [-0.05, 0) is 22.4 Å². The zero-order valence-corrected chi connectivity index (χ0v) is 14.9. The highest BCUT2D eigenvalue weighted by Crippen LogP contribution is 2.24. The first-order valence-corrected chi connectivity index (χ1v) is 8.68. The van der Waals surface area contributed by atoms with Gasteiger partial charge in [0.05, 0.1) is 13.3 Å². The number of nitrogens with one attached hydrogen (secondary N) is 1. The molecule has 4 aromatic rings. The second-order valence-electron chi connectivity index (χ2n) is 6.23. The molecule has 0 spiro atoms. The van der Waals surface area contributed by atoms with Crippen LogP contribution in [0.25, 0.3) is 21.7 Å². The molecule has 5 nitrogen and oxygen atoms in total. The molecule has 0 radical (unpaired) electrons. The van der Waals surface area contributed by atoms with Gasteiger partial charge in [0.1, 0.15) is 0 Å². The van der Waals surface area contributed by atoms with Gasteiger partial charge in [-0.1, -0.05) is 60.7 Å². The summed E-state index contributed by atoms with van der Waals surface area (Å²) in [4.78, 5) is 11.2. The molecule has 0 saturated heterocycles. The number of para-hydroxylation sites is 1.